The zero-order valence-corrected chi connectivity index (χ0v) is 25.3. The molecule has 4 aromatic carbocycles. The second-order valence-electron chi connectivity index (χ2n) is 10.7. The van der Waals surface area contributed by atoms with Gasteiger partial charge in [-0.3, -0.25) is 0 Å². The maximum atomic E-state index is 12.3. The van der Waals surface area contributed by atoms with Gasteiger partial charge in [0, 0.05) is 11.3 Å². The van der Waals surface area contributed by atoms with E-state index in [1.54, 1.807) is 19.1 Å². The number of aliphatic imine (C=N–C) groups is 2. The number of esters is 1. The summed E-state index contributed by atoms with van der Waals surface area (Å²) in [5, 5.41) is 8.49. The number of amidine groups is 2. The lowest BCUT2D eigenvalue weighted by atomic mass is 9.93. The van der Waals surface area contributed by atoms with Gasteiger partial charge in [0.2, 0.25) is 0 Å². The summed E-state index contributed by atoms with van der Waals surface area (Å²) >= 11 is 0. The van der Waals surface area contributed by atoms with Gasteiger partial charge in [0.25, 0.3) is 0 Å². The molecule has 1 atom stereocenters. The molecule has 9 heteroatoms. The number of hydrogen-bond donors (Lipinski definition) is 1. The van der Waals surface area contributed by atoms with E-state index in [4.69, 9.17) is 24.6 Å². The summed E-state index contributed by atoms with van der Waals surface area (Å²) in [5.41, 5.74) is 6.89. The lowest BCUT2D eigenvalue weighted by molar-refractivity contribution is 0.0526. The van der Waals surface area contributed by atoms with Crippen LogP contribution >= 0.6 is 0 Å². The predicted octanol–water partition coefficient (Wildman–Crippen LogP) is 7.55. The van der Waals surface area contributed by atoms with Gasteiger partial charge in [0.1, 0.15) is 5.75 Å². The first-order chi connectivity index (χ1) is 22.1. The summed E-state index contributed by atoms with van der Waals surface area (Å²) < 4.78 is 12.8. The Hall–Kier alpha value is -5.70. The van der Waals surface area contributed by atoms with Crippen molar-refractivity contribution in [3.8, 4) is 11.4 Å². The lowest BCUT2D eigenvalue weighted by Crippen LogP contribution is -2.46. The zero-order chi connectivity index (χ0) is 30.9. The number of benzene rings is 4. The molecule has 0 saturated carbocycles. The van der Waals surface area contributed by atoms with E-state index in [0.717, 1.165) is 51.1 Å². The molecule has 45 heavy (non-hydrogen) atoms. The fourth-order valence-corrected chi connectivity index (χ4v) is 5.82. The van der Waals surface area contributed by atoms with Crippen LogP contribution in [-0.4, -0.2) is 40.6 Å². The van der Waals surface area contributed by atoms with Crippen molar-refractivity contribution in [1.29, 1.82) is 0 Å². The van der Waals surface area contributed by atoms with E-state index in [1.807, 2.05) is 91.3 Å². The molecule has 0 amide bonds. The summed E-state index contributed by atoms with van der Waals surface area (Å²) in [6.07, 6.45) is 0. The second-order valence-corrected chi connectivity index (χ2v) is 10.7. The Morgan fingerprint density at radius 2 is 1.58 bits per heavy atom. The van der Waals surface area contributed by atoms with Crippen LogP contribution in [-0.2, 0) is 4.74 Å². The first-order valence-corrected chi connectivity index (χ1v) is 15.0. The molecule has 1 N–H and O–H groups in total. The molecule has 5 aromatic rings. The topological polar surface area (TPSA) is 93.3 Å². The van der Waals surface area contributed by atoms with Crippen LogP contribution in [0.5, 0.6) is 5.75 Å². The standard InChI is InChI=1S/C36H32N6O3/c1-4-44-28-21-17-24(18-22-28)32-31-23(3)40-42(27-11-7-6-8-12-27)34(31)39-35-33(38-29-13-9-10-14-30(29)41(32)35)37-26-19-15-25(16-20-26)36(43)45-5-2/h6-22,32H,4-5H2,1-3H3,(H,37,38). The predicted molar refractivity (Wildman–Crippen MR) is 177 cm³/mol. The SMILES string of the molecule is CCOC(=O)c1ccc(NC2=Nc3ccccc3N3C2=Nc2c(c(C)nn2-c2ccccc2)C3c2ccc(OCC)cc2)cc1. The molecule has 224 valence electrons. The molecule has 0 radical (unpaired) electrons. The number of nitrogens with one attached hydrogen (secondary N) is 1. The molecule has 0 bridgehead atoms. The fraction of sp³-hybridized carbons (Fsp3) is 0.167. The fourth-order valence-electron chi connectivity index (χ4n) is 5.82. The largest absolute Gasteiger partial charge is 0.494 e. The van der Waals surface area contributed by atoms with Gasteiger partial charge in [0.05, 0.1) is 47.6 Å². The maximum Gasteiger partial charge on any atom is 0.338 e. The average molecular weight is 597 g/mol. The van der Waals surface area contributed by atoms with Crippen molar-refractivity contribution in [2.75, 3.05) is 23.4 Å². The van der Waals surface area contributed by atoms with Crippen molar-refractivity contribution >= 4 is 40.5 Å². The summed E-state index contributed by atoms with van der Waals surface area (Å²) in [6.45, 7) is 6.73. The molecule has 0 spiro atoms. The Labute approximate surface area is 261 Å². The molecule has 7 rings (SSSR count). The van der Waals surface area contributed by atoms with Crippen LogP contribution in [0, 0.1) is 6.92 Å². The van der Waals surface area contributed by atoms with Crippen LogP contribution in [0.4, 0.5) is 22.9 Å². The van der Waals surface area contributed by atoms with E-state index >= 15 is 0 Å². The zero-order valence-electron chi connectivity index (χ0n) is 25.3. The third kappa shape index (κ3) is 5.12. The quantitative estimate of drug-likeness (QED) is 0.195. The van der Waals surface area contributed by atoms with Crippen molar-refractivity contribution in [3.63, 3.8) is 0 Å². The van der Waals surface area contributed by atoms with Crippen LogP contribution in [0.3, 0.4) is 0 Å². The van der Waals surface area contributed by atoms with Gasteiger partial charge in [-0.15, -0.1) is 0 Å². The van der Waals surface area contributed by atoms with Crippen molar-refractivity contribution < 1.29 is 14.3 Å². The highest BCUT2D eigenvalue weighted by Gasteiger charge is 2.41. The van der Waals surface area contributed by atoms with Crippen LogP contribution < -0.4 is 15.0 Å². The van der Waals surface area contributed by atoms with Crippen LogP contribution in [0.2, 0.25) is 0 Å². The summed E-state index contributed by atoms with van der Waals surface area (Å²) in [5.74, 6) is 2.45. The van der Waals surface area contributed by atoms with Crippen LogP contribution in [0.25, 0.3) is 5.69 Å². The summed E-state index contributed by atoms with van der Waals surface area (Å²) in [4.78, 5) is 24.8. The molecular weight excluding hydrogens is 564 g/mol. The number of aryl methyl sites for hydroxylation is 1. The van der Waals surface area contributed by atoms with Crippen LogP contribution in [0.1, 0.15) is 47.1 Å². The number of carbonyl (C=O) groups is 1. The first kappa shape index (κ1) is 28.1. The van der Waals surface area contributed by atoms with Crippen molar-refractivity contribution in [1.82, 2.24) is 9.78 Å². The molecule has 3 heterocycles. The minimum atomic E-state index is -0.355. The number of hydrogen-bond acceptors (Lipinski definition) is 8. The van der Waals surface area contributed by atoms with Gasteiger partial charge in [-0.2, -0.15) is 5.10 Å². The van der Waals surface area contributed by atoms with E-state index in [9.17, 15) is 4.79 Å². The molecule has 0 saturated heterocycles. The van der Waals surface area contributed by atoms with Gasteiger partial charge in [-0.25, -0.2) is 19.5 Å². The number of fused-ring (bicyclic) bond motifs is 4. The second kappa shape index (κ2) is 11.8. The third-order valence-electron chi connectivity index (χ3n) is 7.80. The number of carbonyl (C=O) groups excluding carboxylic acids is 1. The molecule has 0 aliphatic carbocycles. The van der Waals surface area contributed by atoms with Crippen molar-refractivity contribution in [2.45, 2.75) is 26.8 Å². The maximum absolute atomic E-state index is 12.3. The minimum Gasteiger partial charge on any atom is -0.494 e. The van der Waals surface area contributed by atoms with Gasteiger partial charge in [-0.05, 0) is 87.0 Å². The van der Waals surface area contributed by atoms with E-state index in [2.05, 4.69) is 28.4 Å². The number of aromatic nitrogens is 2. The Kier molecular flexibility index (Phi) is 7.34. The molecule has 0 fully saturated rings. The number of anilines is 2. The number of ether oxygens (including phenoxy) is 2. The van der Waals surface area contributed by atoms with E-state index < -0.39 is 0 Å². The summed E-state index contributed by atoms with van der Waals surface area (Å²) in [7, 11) is 0. The molecular formula is C36H32N6O3. The molecule has 2 aliphatic rings. The number of para-hydroxylation sites is 3. The third-order valence-corrected chi connectivity index (χ3v) is 7.80. The Bertz CT molecular complexity index is 1930. The summed E-state index contributed by atoms with van der Waals surface area (Å²) in [6, 6.07) is 33.3. The minimum absolute atomic E-state index is 0.250. The first-order valence-electron chi connectivity index (χ1n) is 15.0. The van der Waals surface area contributed by atoms with E-state index in [-0.39, 0.29) is 12.0 Å². The average Bonchev–Trinajstić information content (AvgIpc) is 3.41. The van der Waals surface area contributed by atoms with Gasteiger partial charge >= 0.3 is 5.97 Å². The van der Waals surface area contributed by atoms with Gasteiger partial charge in [0.15, 0.2) is 17.5 Å². The van der Waals surface area contributed by atoms with Crippen molar-refractivity contribution in [2.24, 2.45) is 9.98 Å². The Morgan fingerprint density at radius 1 is 0.844 bits per heavy atom. The number of nitrogens with zero attached hydrogens (tertiary/aromatic N) is 5. The number of rotatable bonds is 7. The van der Waals surface area contributed by atoms with E-state index in [1.165, 1.54) is 0 Å². The lowest BCUT2D eigenvalue weighted by Gasteiger charge is -2.40. The molecule has 1 unspecified atom stereocenters. The highest BCUT2D eigenvalue weighted by molar-refractivity contribution is 6.51. The van der Waals surface area contributed by atoms with E-state index in [0.29, 0.717) is 30.4 Å². The highest BCUT2D eigenvalue weighted by Crippen LogP contribution is 2.48. The Balaban J connectivity index is 1.40. The molecule has 9 nitrogen and oxygen atoms in total. The normalized spacial score (nSPS) is 14.8. The van der Waals surface area contributed by atoms with Gasteiger partial charge < -0.3 is 19.7 Å². The van der Waals surface area contributed by atoms with Gasteiger partial charge in [-0.1, -0.05) is 42.5 Å². The monoisotopic (exact) mass is 596 g/mol. The van der Waals surface area contributed by atoms with Crippen LogP contribution in [0.15, 0.2) is 113 Å². The smallest absolute Gasteiger partial charge is 0.338 e. The van der Waals surface area contributed by atoms with Crippen molar-refractivity contribution in [3.05, 3.63) is 126 Å². The molecule has 2 aliphatic heterocycles. The molecule has 1 aromatic heterocycles. The highest BCUT2D eigenvalue weighted by atomic mass is 16.5. The Morgan fingerprint density at radius 3 is 2.31 bits per heavy atom.